The van der Waals surface area contributed by atoms with Crippen molar-refractivity contribution < 1.29 is 24.2 Å². The number of carbonyl (C=O) groups is 3. The quantitative estimate of drug-likeness (QED) is 0.437. The average molecular weight is 316 g/mol. The molecule has 0 aromatic rings. The molecule has 2 atom stereocenters. The van der Waals surface area contributed by atoms with Gasteiger partial charge in [0.25, 0.3) is 0 Å². The van der Waals surface area contributed by atoms with Crippen LogP contribution in [0.4, 0.5) is 0 Å². The third-order valence-corrected chi connectivity index (χ3v) is 3.49. The van der Waals surface area contributed by atoms with Crippen molar-refractivity contribution in [1.29, 1.82) is 0 Å². The van der Waals surface area contributed by atoms with Gasteiger partial charge < -0.3 is 15.6 Å². The highest BCUT2D eigenvalue weighted by Gasteiger charge is 2.19. The number of aliphatic carboxylic acids is 1. The van der Waals surface area contributed by atoms with Crippen LogP contribution in [0.5, 0.6) is 0 Å². The lowest BCUT2D eigenvalue weighted by Gasteiger charge is -2.16. The predicted octanol–water partition coefficient (Wildman–Crippen LogP) is 1.05. The number of rotatable bonds is 13. The van der Waals surface area contributed by atoms with Crippen molar-refractivity contribution in [2.75, 3.05) is 13.2 Å². The maximum Gasteiger partial charge on any atom is 0.320 e. The van der Waals surface area contributed by atoms with E-state index in [-0.39, 0.29) is 19.4 Å². The molecule has 0 aliphatic heterocycles. The van der Waals surface area contributed by atoms with Gasteiger partial charge in [0, 0.05) is 6.42 Å². The van der Waals surface area contributed by atoms with Crippen LogP contribution < -0.4 is 11.1 Å². The van der Waals surface area contributed by atoms with Gasteiger partial charge in [0.15, 0.2) is 0 Å². The number of hydrogen-bond donors (Lipinski definition) is 3. The van der Waals surface area contributed by atoms with Crippen LogP contribution in [0, 0.1) is 5.92 Å². The average Bonchev–Trinajstić information content (AvgIpc) is 2.46. The Kier molecular flexibility index (Phi) is 11.1. The zero-order chi connectivity index (χ0) is 17.0. The number of nitrogens with two attached hydrogens (primary N) is 1. The van der Waals surface area contributed by atoms with E-state index in [1.807, 2.05) is 0 Å². The van der Waals surface area contributed by atoms with Crippen molar-refractivity contribution >= 4 is 17.8 Å². The number of ether oxygens (including phenoxy) is 1. The molecule has 7 heteroatoms. The second-order valence-corrected chi connectivity index (χ2v) is 5.38. The van der Waals surface area contributed by atoms with Gasteiger partial charge in [0.1, 0.15) is 6.04 Å². The maximum absolute atomic E-state index is 11.6. The molecule has 128 valence electrons. The highest BCUT2D eigenvalue weighted by Crippen LogP contribution is 2.12. The largest absolute Gasteiger partial charge is 0.480 e. The van der Waals surface area contributed by atoms with E-state index < -0.39 is 23.9 Å². The first-order valence-corrected chi connectivity index (χ1v) is 7.80. The topological polar surface area (TPSA) is 119 Å². The lowest BCUT2D eigenvalue weighted by atomic mass is 10.0. The first-order chi connectivity index (χ1) is 10.4. The molecule has 0 aliphatic rings. The number of esters is 1. The molecule has 0 spiro atoms. The molecule has 0 bridgehead atoms. The van der Waals surface area contributed by atoms with Crippen molar-refractivity contribution in [3.05, 3.63) is 0 Å². The molecule has 0 aromatic heterocycles. The van der Waals surface area contributed by atoms with Crippen LogP contribution in [0.25, 0.3) is 0 Å². The molecule has 4 N–H and O–H groups in total. The van der Waals surface area contributed by atoms with Gasteiger partial charge in [-0.15, -0.1) is 0 Å². The first-order valence-electron chi connectivity index (χ1n) is 7.80. The maximum atomic E-state index is 11.6. The van der Waals surface area contributed by atoms with Gasteiger partial charge >= 0.3 is 11.9 Å². The van der Waals surface area contributed by atoms with E-state index in [1.54, 1.807) is 0 Å². The fourth-order valence-corrected chi connectivity index (χ4v) is 1.97. The molecule has 0 saturated carbocycles. The molecule has 1 unspecified atom stereocenters. The SMILES string of the molecule is CCCCC(CC)COC(=O)CN[C@H](CCC(N)=O)C(=O)O. The van der Waals surface area contributed by atoms with E-state index in [9.17, 15) is 14.4 Å². The van der Waals surface area contributed by atoms with E-state index in [4.69, 9.17) is 15.6 Å². The first kappa shape index (κ1) is 20.4. The molecular weight excluding hydrogens is 288 g/mol. The molecule has 0 saturated heterocycles. The number of carboxylic acids is 1. The smallest absolute Gasteiger partial charge is 0.320 e. The van der Waals surface area contributed by atoms with Gasteiger partial charge in [0.2, 0.25) is 5.91 Å². The normalized spacial score (nSPS) is 13.4. The van der Waals surface area contributed by atoms with E-state index in [0.717, 1.165) is 25.7 Å². The summed E-state index contributed by atoms with van der Waals surface area (Å²) in [5, 5.41) is 11.6. The molecule has 1 amide bonds. The Bertz CT molecular complexity index is 360. The zero-order valence-electron chi connectivity index (χ0n) is 13.5. The summed E-state index contributed by atoms with van der Waals surface area (Å²) >= 11 is 0. The minimum absolute atomic E-state index is 0.0477. The lowest BCUT2D eigenvalue weighted by molar-refractivity contribution is -0.145. The Balaban J connectivity index is 4.07. The van der Waals surface area contributed by atoms with Gasteiger partial charge in [-0.25, -0.2) is 0 Å². The number of primary amides is 1. The lowest BCUT2D eigenvalue weighted by Crippen LogP contribution is -2.41. The number of unbranched alkanes of at least 4 members (excludes halogenated alkanes) is 1. The number of hydrogen-bond acceptors (Lipinski definition) is 5. The summed E-state index contributed by atoms with van der Waals surface area (Å²) in [6.07, 6.45) is 4.16. The summed E-state index contributed by atoms with van der Waals surface area (Å²) in [6.45, 7) is 4.33. The number of carboxylic acid groups (broad SMARTS) is 1. The molecule has 0 rings (SSSR count). The Morgan fingerprint density at radius 3 is 2.41 bits per heavy atom. The van der Waals surface area contributed by atoms with Crippen molar-refractivity contribution in [2.24, 2.45) is 11.7 Å². The monoisotopic (exact) mass is 316 g/mol. The van der Waals surface area contributed by atoms with Crippen molar-refractivity contribution in [1.82, 2.24) is 5.32 Å². The fourth-order valence-electron chi connectivity index (χ4n) is 1.97. The van der Waals surface area contributed by atoms with E-state index >= 15 is 0 Å². The Hall–Kier alpha value is -1.63. The second-order valence-electron chi connectivity index (χ2n) is 5.38. The minimum Gasteiger partial charge on any atom is -0.480 e. The van der Waals surface area contributed by atoms with Gasteiger partial charge in [-0.1, -0.05) is 33.1 Å². The Morgan fingerprint density at radius 2 is 1.91 bits per heavy atom. The fraction of sp³-hybridized carbons (Fsp3) is 0.800. The molecule has 0 aliphatic carbocycles. The van der Waals surface area contributed by atoms with Gasteiger partial charge in [-0.2, -0.15) is 0 Å². The number of carbonyl (C=O) groups excluding carboxylic acids is 2. The zero-order valence-corrected chi connectivity index (χ0v) is 13.5. The summed E-state index contributed by atoms with van der Waals surface area (Å²) in [5.74, 6) is -1.84. The Labute approximate surface area is 131 Å². The van der Waals surface area contributed by atoms with Crippen LogP contribution in [0.3, 0.4) is 0 Å². The van der Waals surface area contributed by atoms with E-state index in [0.29, 0.717) is 12.5 Å². The molecule has 0 fully saturated rings. The van der Waals surface area contributed by atoms with Crippen LogP contribution in [0.2, 0.25) is 0 Å². The van der Waals surface area contributed by atoms with Gasteiger partial charge in [-0.3, -0.25) is 19.7 Å². The van der Waals surface area contributed by atoms with Crippen LogP contribution in [-0.4, -0.2) is 42.1 Å². The van der Waals surface area contributed by atoms with E-state index in [1.165, 1.54) is 0 Å². The van der Waals surface area contributed by atoms with Crippen molar-refractivity contribution in [2.45, 2.75) is 58.4 Å². The highest BCUT2D eigenvalue weighted by molar-refractivity contribution is 5.78. The van der Waals surface area contributed by atoms with Crippen LogP contribution >= 0.6 is 0 Å². The summed E-state index contributed by atoms with van der Waals surface area (Å²) in [5.41, 5.74) is 4.98. The molecule has 0 radical (unpaired) electrons. The molecular formula is C15H28N2O5. The number of amides is 1. The van der Waals surface area contributed by atoms with Gasteiger partial charge in [-0.05, 0) is 18.8 Å². The molecule has 7 nitrogen and oxygen atoms in total. The standard InChI is InChI=1S/C15H28N2O5/c1-3-5-6-11(4-2)10-22-14(19)9-17-12(15(20)21)7-8-13(16)18/h11-12,17H,3-10H2,1-2H3,(H2,16,18)(H,20,21)/t11?,12-/m1/s1. The Morgan fingerprint density at radius 1 is 1.23 bits per heavy atom. The van der Waals surface area contributed by atoms with Crippen molar-refractivity contribution in [3.8, 4) is 0 Å². The number of nitrogens with one attached hydrogen (secondary N) is 1. The van der Waals surface area contributed by atoms with Gasteiger partial charge in [0.05, 0.1) is 13.2 Å². The van der Waals surface area contributed by atoms with Crippen LogP contribution in [0.1, 0.15) is 52.4 Å². The van der Waals surface area contributed by atoms with E-state index in [2.05, 4.69) is 19.2 Å². The molecule has 22 heavy (non-hydrogen) atoms. The molecule has 0 heterocycles. The third kappa shape index (κ3) is 10.1. The predicted molar refractivity (Wildman–Crippen MR) is 82.1 cm³/mol. The minimum atomic E-state index is -1.12. The summed E-state index contributed by atoms with van der Waals surface area (Å²) in [4.78, 5) is 33.3. The molecule has 0 aromatic carbocycles. The second kappa shape index (κ2) is 12.0. The summed E-state index contributed by atoms with van der Waals surface area (Å²) in [6, 6.07) is -0.984. The highest BCUT2D eigenvalue weighted by atomic mass is 16.5. The van der Waals surface area contributed by atoms with Crippen LogP contribution in [-0.2, 0) is 19.1 Å². The summed E-state index contributed by atoms with van der Waals surface area (Å²) < 4.78 is 5.16. The summed E-state index contributed by atoms with van der Waals surface area (Å²) in [7, 11) is 0. The third-order valence-electron chi connectivity index (χ3n) is 3.49. The van der Waals surface area contributed by atoms with Crippen LogP contribution in [0.15, 0.2) is 0 Å². The van der Waals surface area contributed by atoms with Crippen molar-refractivity contribution in [3.63, 3.8) is 0 Å².